The van der Waals surface area contributed by atoms with Crippen molar-refractivity contribution >= 4 is 21.5 Å². The van der Waals surface area contributed by atoms with E-state index in [0.29, 0.717) is 0 Å². The van der Waals surface area contributed by atoms with E-state index in [-0.39, 0.29) is 0 Å². The molecule has 0 heterocycles. The lowest BCUT2D eigenvalue weighted by Gasteiger charge is -2.18. The first-order valence-corrected chi connectivity index (χ1v) is 9.84. The lowest BCUT2D eigenvalue weighted by atomic mass is 9.86. The summed E-state index contributed by atoms with van der Waals surface area (Å²) in [4.78, 5) is 0. The largest absolute Gasteiger partial charge is 0.0587 e. The van der Waals surface area contributed by atoms with Crippen LogP contribution in [-0.2, 0) is 6.42 Å². The smallest absolute Gasteiger partial charge is 0.000800 e. The molecule has 0 atom stereocenters. The molecule has 0 aliphatic rings. The molecule has 0 spiro atoms. The van der Waals surface area contributed by atoms with Crippen LogP contribution in [0.25, 0.3) is 21.5 Å². The van der Waals surface area contributed by atoms with Gasteiger partial charge in [0.05, 0.1) is 0 Å². The molecule has 4 aromatic carbocycles. The summed E-state index contributed by atoms with van der Waals surface area (Å²) in [6, 6.07) is 18.4. The van der Waals surface area contributed by atoms with E-state index < -0.39 is 0 Å². The van der Waals surface area contributed by atoms with E-state index in [4.69, 9.17) is 0 Å². The van der Waals surface area contributed by atoms with Crippen LogP contribution in [0.1, 0.15) is 44.5 Å². The van der Waals surface area contributed by atoms with Crippen molar-refractivity contribution in [1.82, 2.24) is 0 Å². The van der Waals surface area contributed by atoms with Crippen LogP contribution < -0.4 is 0 Å². The highest BCUT2D eigenvalue weighted by Gasteiger charge is 2.14. The summed E-state index contributed by atoms with van der Waals surface area (Å²) >= 11 is 0. The van der Waals surface area contributed by atoms with E-state index in [1.54, 1.807) is 0 Å². The molecule has 0 bridgehead atoms. The number of benzene rings is 4. The van der Waals surface area contributed by atoms with Crippen molar-refractivity contribution in [1.29, 1.82) is 0 Å². The van der Waals surface area contributed by atoms with E-state index >= 15 is 0 Å². The van der Waals surface area contributed by atoms with Gasteiger partial charge in [-0.25, -0.2) is 0 Å². The molecular formula is C27H28. The van der Waals surface area contributed by atoms with Gasteiger partial charge in [-0.2, -0.15) is 0 Å². The van der Waals surface area contributed by atoms with Crippen LogP contribution in [0.3, 0.4) is 0 Å². The van der Waals surface area contributed by atoms with Crippen LogP contribution >= 0.6 is 0 Å². The van der Waals surface area contributed by atoms with Crippen molar-refractivity contribution < 1.29 is 0 Å². The first-order valence-electron chi connectivity index (χ1n) is 9.84. The van der Waals surface area contributed by atoms with Gasteiger partial charge in [-0.1, -0.05) is 59.7 Å². The molecule has 27 heavy (non-hydrogen) atoms. The first-order chi connectivity index (χ1) is 12.8. The molecule has 0 aromatic heterocycles. The van der Waals surface area contributed by atoms with Crippen LogP contribution in [-0.4, -0.2) is 0 Å². The fourth-order valence-electron chi connectivity index (χ4n) is 4.35. The Morgan fingerprint density at radius 2 is 0.926 bits per heavy atom. The van der Waals surface area contributed by atoms with Gasteiger partial charge in [0.2, 0.25) is 0 Å². The van der Waals surface area contributed by atoms with E-state index in [0.717, 1.165) is 6.42 Å². The second-order valence-electron chi connectivity index (χ2n) is 8.22. The van der Waals surface area contributed by atoms with Gasteiger partial charge >= 0.3 is 0 Å². The molecule has 0 unspecified atom stereocenters. The first kappa shape index (κ1) is 17.8. The van der Waals surface area contributed by atoms with Gasteiger partial charge in [0, 0.05) is 0 Å². The Morgan fingerprint density at radius 1 is 0.519 bits per heavy atom. The van der Waals surface area contributed by atoms with Gasteiger partial charge in [0.25, 0.3) is 0 Å². The molecule has 0 aliphatic heterocycles. The standard InChI is InChI=1S/C27H28/c1-16-7-9-24-22(11-16)13-18(3)20(5)26(24)15-27-21(6)19(4)14-23-12-17(2)8-10-25(23)27/h7-14H,15H2,1-6H3. The van der Waals surface area contributed by atoms with E-state index in [1.165, 1.54) is 66.1 Å². The molecule has 4 aromatic rings. The summed E-state index contributed by atoms with van der Waals surface area (Å²) in [6.07, 6.45) is 0.986. The van der Waals surface area contributed by atoms with Gasteiger partial charge < -0.3 is 0 Å². The highest BCUT2D eigenvalue weighted by molar-refractivity contribution is 5.92. The fourth-order valence-corrected chi connectivity index (χ4v) is 4.35. The zero-order valence-corrected chi connectivity index (χ0v) is 17.3. The van der Waals surface area contributed by atoms with E-state index in [2.05, 4.69) is 90.1 Å². The molecule has 0 heteroatoms. The van der Waals surface area contributed by atoms with Gasteiger partial charge in [0.1, 0.15) is 0 Å². The molecule has 0 saturated carbocycles. The van der Waals surface area contributed by atoms with Crippen molar-refractivity contribution in [3.05, 3.63) is 93.0 Å². The van der Waals surface area contributed by atoms with Gasteiger partial charge in [-0.3, -0.25) is 0 Å². The van der Waals surface area contributed by atoms with Crippen LogP contribution in [0, 0.1) is 41.5 Å². The Hall–Kier alpha value is -2.60. The molecule has 0 aliphatic carbocycles. The van der Waals surface area contributed by atoms with Gasteiger partial charge in [-0.15, -0.1) is 0 Å². The van der Waals surface area contributed by atoms with Crippen LogP contribution in [0.5, 0.6) is 0 Å². The zero-order chi connectivity index (χ0) is 19.3. The second-order valence-corrected chi connectivity index (χ2v) is 8.22. The predicted octanol–water partition coefficient (Wildman–Crippen LogP) is 7.43. The number of fused-ring (bicyclic) bond motifs is 2. The van der Waals surface area contributed by atoms with E-state index in [9.17, 15) is 0 Å². The minimum Gasteiger partial charge on any atom is -0.0587 e. The maximum absolute atomic E-state index is 2.34. The molecule has 136 valence electrons. The fraction of sp³-hybridized carbons (Fsp3) is 0.259. The van der Waals surface area contributed by atoms with E-state index in [1.807, 2.05) is 0 Å². The normalized spacial score (nSPS) is 11.5. The highest BCUT2D eigenvalue weighted by Crippen LogP contribution is 2.33. The van der Waals surface area contributed by atoms with Gasteiger partial charge in [-0.05, 0) is 103 Å². The molecule has 0 fully saturated rings. The lowest BCUT2D eigenvalue weighted by molar-refractivity contribution is 1.14. The quantitative estimate of drug-likeness (QED) is 0.352. The van der Waals surface area contributed by atoms with Crippen molar-refractivity contribution in [2.24, 2.45) is 0 Å². The topological polar surface area (TPSA) is 0 Å². The molecule has 4 rings (SSSR count). The average molecular weight is 353 g/mol. The summed E-state index contributed by atoms with van der Waals surface area (Å²) in [5, 5.41) is 5.51. The average Bonchev–Trinajstić information content (AvgIpc) is 2.62. The van der Waals surface area contributed by atoms with Crippen LogP contribution in [0.15, 0.2) is 48.5 Å². The number of aryl methyl sites for hydroxylation is 4. The Kier molecular flexibility index (Phi) is 4.30. The Balaban J connectivity index is 2.00. The molecule has 0 radical (unpaired) electrons. The molecule has 0 nitrogen and oxygen atoms in total. The Labute approximate surface area is 162 Å². The maximum atomic E-state index is 2.34. The third kappa shape index (κ3) is 3.04. The van der Waals surface area contributed by atoms with Crippen molar-refractivity contribution in [3.8, 4) is 0 Å². The monoisotopic (exact) mass is 352 g/mol. The molecule has 0 amide bonds. The minimum atomic E-state index is 0.986. The lowest BCUT2D eigenvalue weighted by Crippen LogP contribution is -2.01. The second kappa shape index (κ2) is 6.53. The summed E-state index contributed by atoms with van der Waals surface area (Å²) < 4.78 is 0. The summed E-state index contributed by atoms with van der Waals surface area (Å²) in [5.41, 5.74) is 11.2. The van der Waals surface area contributed by atoms with Crippen molar-refractivity contribution in [3.63, 3.8) is 0 Å². The number of hydrogen-bond donors (Lipinski definition) is 0. The Morgan fingerprint density at radius 3 is 1.33 bits per heavy atom. The van der Waals surface area contributed by atoms with Crippen LogP contribution in [0.4, 0.5) is 0 Å². The van der Waals surface area contributed by atoms with Crippen molar-refractivity contribution in [2.45, 2.75) is 48.0 Å². The third-order valence-corrected chi connectivity index (χ3v) is 6.25. The summed E-state index contributed by atoms with van der Waals surface area (Å²) in [6.45, 7) is 13.4. The van der Waals surface area contributed by atoms with Gasteiger partial charge in [0.15, 0.2) is 0 Å². The van der Waals surface area contributed by atoms with Crippen LogP contribution in [0.2, 0.25) is 0 Å². The molecule has 0 N–H and O–H groups in total. The van der Waals surface area contributed by atoms with Crippen molar-refractivity contribution in [2.75, 3.05) is 0 Å². The molecule has 0 saturated heterocycles. The SMILES string of the molecule is Cc1ccc2c(Cc3c(C)c(C)cc4cc(C)ccc34)c(C)c(C)cc2c1. The third-order valence-electron chi connectivity index (χ3n) is 6.25. The zero-order valence-electron chi connectivity index (χ0n) is 17.3. The maximum Gasteiger partial charge on any atom is -0.000800 e. The predicted molar refractivity (Wildman–Crippen MR) is 119 cm³/mol. The Bertz CT molecular complexity index is 1100. The minimum absolute atomic E-state index is 0.986. The molecular weight excluding hydrogens is 324 g/mol. The highest BCUT2D eigenvalue weighted by atomic mass is 14.2. The number of rotatable bonds is 2. The number of hydrogen-bond acceptors (Lipinski definition) is 0. The summed E-state index contributed by atoms with van der Waals surface area (Å²) in [7, 11) is 0. The summed E-state index contributed by atoms with van der Waals surface area (Å²) in [5.74, 6) is 0.